The third kappa shape index (κ3) is 3.59. The Morgan fingerprint density at radius 2 is 2.08 bits per heavy atom. The van der Waals surface area contributed by atoms with Gasteiger partial charge >= 0.3 is 0 Å². The van der Waals surface area contributed by atoms with Crippen LogP contribution in [0.5, 0.6) is 5.75 Å². The Morgan fingerprint density at radius 3 is 2.79 bits per heavy atom. The average molecular weight is 329 g/mol. The number of nitrogens with one attached hydrogen (secondary N) is 1. The molecule has 6 heteroatoms. The lowest BCUT2D eigenvalue weighted by molar-refractivity contribution is -0.115. The number of amides is 1. The van der Waals surface area contributed by atoms with Crippen LogP contribution in [0.25, 0.3) is 0 Å². The molecule has 0 fully saturated rings. The average Bonchev–Trinajstić information content (AvgIpc) is 2.57. The van der Waals surface area contributed by atoms with Gasteiger partial charge in [-0.05, 0) is 48.9 Å². The van der Waals surface area contributed by atoms with Crippen molar-refractivity contribution in [2.45, 2.75) is 19.4 Å². The summed E-state index contributed by atoms with van der Waals surface area (Å²) in [4.78, 5) is 14.3. The van der Waals surface area contributed by atoms with E-state index in [-0.39, 0.29) is 24.4 Å². The zero-order valence-electron chi connectivity index (χ0n) is 13.5. The van der Waals surface area contributed by atoms with Gasteiger partial charge in [-0.2, -0.15) is 0 Å². The number of benzene rings is 2. The molecule has 0 saturated heterocycles. The number of hydrogen-bond acceptors (Lipinski definition) is 4. The largest absolute Gasteiger partial charge is 0.486 e. The van der Waals surface area contributed by atoms with Gasteiger partial charge in [0.05, 0.1) is 18.8 Å². The second-order valence-electron chi connectivity index (χ2n) is 5.81. The number of carbonyl (C=O) groups excluding carboxylic acids is 1. The van der Waals surface area contributed by atoms with E-state index in [4.69, 9.17) is 10.5 Å². The van der Waals surface area contributed by atoms with Gasteiger partial charge in [0.2, 0.25) is 5.91 Å². The molecule has 0 bridgehead atoms. The van der Waals surface area contributed by atoms with E-state index in [0.29, 0.717) is 17.9 Å². The van der Waals surface area contributed by atoms with Crippen molar-refractivity contribution < 1.29 is 13.9 Å². The lowest BCUT2D eigenvalue weighted by Crippen LogP contribution is -2.43. The van der Waals surface area contributed by atoms with Crippen molar-refractivity contribution in [3.8, 4) is 5.75 Å². The van der Waals surface area contributed by atoms with Crippen LogP contribution >= 0.6 is 0 Å². The molecule has 0 radical (unpaired) electrons. The van der Waals surface area contributed by atoms with Crippen LogP contribution in [0.2, 0.25) is 0 Å². The summed E-state index contributed by atoms with van der Waals surface area (Å²) < 4.78 is 18.8. The van der Waals surface area contributed by atoms with Crippen LogP contribution in [0.3, 0.4) is 0 Å². The van der Waals surface area contributed by atoms with Crippen molar-refractivity contribution in [2.24, 2.45) is 0 Å². The standard InChI is InChI=1S/C18H20FN3O2/c1-2-15-10-22(16-9-13(20)5-8-17(16)24-15)11-18(23)21-14-6-3-12(19)4-7-14/h3-9,15H,2,10-11,20H2,1H3,(H,21,23). The third-order valence-corrected chi connectivity index (χ3v) is 3.96. The van der Waals surface area contributed by atoms with E-state index >= 15 is 0 Å². The Bertz CT molecular complexity index is 734. The lowest BCUT2D eigenvalue weighted by Gasteiger charge is -2.35. The van der Waals surface area contributed by atoms with E-state index in [9.17, 15) is 9.18 Å². The van der Waals surface area contributed by atoms with E-state index in [0.717, 1.165) is 17.9 Å². The minimum absolute atomic E-state index is 0.0275. The molecule has 1 unspecified atom stereocenters. The summed E-state index contributed by atoms with van der Waals surface area (Å²) in [5.41, 5.74) is 7.86. The number of nitrogen functional groups attached to an aromatic ring is 1. The monoisotopic (exact) mass is 329 g/mol. The molecule has 3 N–H and O–H groups in total. The van der Waals surface area contributed by atoms with Crippen LogP contribution in [-0.4, -0.2) is 25.1 Å². The number of hydrogen-bond donors (Lipinski definition) is 2. The summed E-state index contributed by atoms with van der Waals surface area (Å²) in [7, 11) is 0. The molecule has 1 aliphatic rings. The van der Waals surface area contributed by atoms with E-state index in [1.807, 2.05) is 24.0 Å². The summed E-state index contributed by atoms with van der Waals surface area (Å²) in [6.45, 7) is 2.83. The molecular formula is C18H20FN3O2. The molecule has 2 aromatic rings. The second kappa shape index (κ2) is 6.78. The molecule has 0 aliphatic carbocycles. The molecule has 3 rings (SSSR count). The summed E-state index contributed by atoms with van der Waals surface area (Å²) >= 11 is 0. The number of nitrogens with zero attached hydrogens (tertiary/aromatic N) is 1. The van der Waals surface area contributed by atoms with Crippen LogP contribution < -0.4 is 20.7 Å². The van der Waals surface area contributed by atoms with Crippen molar-refractivity contribution in [1.29, 1.82) is 0 Å². The Kier molecular flexibility index (Phi) is 4.55. The Morgan fingerprint density at radius 1 is 1.33 bits per heavy atom. The van der Waals surface area contributed by atoms with Gasteiger partial charge in [0.1, 0.15) is 17.7 Å². The molecule has 1 heterocycles. The third-order valence-electron chi connectivity index (χ3n) is 3.96. The van der Waals surface area contributed by atoms with Gasteiger partial charge in [-0.3, -0.25) is 4.79 Å². The highest BCUT2D eigenvalue weighted by molar-refractivity contribution is 5.94. The number of carbonyl (C=O) groups is 1. The predicted molar refractivity (Wildman–Crippen MR) is 92.8 cm³/mol. The molecule has 0 spiro atoms. The van der Waals surface area contributed by atoms with E-state index in [1.165, 1.54) is 24.3 Å². The first kappa shape index (κ1) is 16.1. The number of halogens is 1. The Balaban J connectivity index is 1.74. The number of nitrogens with two attached hydrogens (primary N) is 1. The maximum absolute atomic E-state index is 12.9. The van der Waals surface area contributed by atoms with Gasteiger partial charge < -0.3 is 20.7 Å². The smallest absolute Gasteiger partial charge is 0.243 e. The van der Waals surface area contributed by atoms with Crippen LogP contribution in [-0.2, 0) is 4.79 Å². The van der Waals surface area contributed by atoms with Gasteiger partial charge in [-0.1, -0.05) is 6.92 Å². The fourth-order valence-corrected chi connectivity index (χ4v) is 2.71. The highest BCUT2D eigenvalue weighted by Crippen LogP contribution is 2.35. The minimum atomic E-state index is -0.337. The Hall–Kier alpha value is -2.76. The van der Waals surface area contributed by atoms with Crippen molar-refractivity contribution in [3.05, 3.63) is 48.3 Å². The maximum atomic E-state index is 12.9. The summed E-state index contributed by atoms with van der Waals surface area (Å²) in [6, 6.07) is 11.1. The molecule has 1 aliphatic heterocycles. The van der Waals surface area contributed by atoms with Gasteiger partial charge in [-0.25, -0.2) is 4.39 Å². The zero-order chi connectivity index (χ0) is 17.1. The summed E-state index contributed by atoms with van der Waals surface area (Å²) in [6.07, 6.45) is 0.875. The first-order valence-electron chi connectivity index (χ1n) is 7.91. The van der Waals surface area contributed by atoms with Gasteiger partial charge in [0.15, 0.2) is 0 Å². The number of anilines is 3. The fraction of sp³-hybridized carbons (Fsp3) is 0.278. The number of fused-ring (bicyclic) bond motifs is 1. The maximum Gasteiger partial charge on any atom is 0.243 e. The van der Waals surface area contributed by atoms with E-state index < -0.39 is 0 Å². The second-order valence-corrected chi connectivity index (χ2v) is 5.81. The molecule has 126 valence electrons. The lowest BCUT2D eigenvalue weighted by atomic mass is 10.1. The molecule has 2 aromatic carbocycles. The normalized spacial score (nSPS) is 16.2. The molecule has 24 heavy (non-hydrogen) atoms. The van der Waals surface area contributed by atoms with Crippen LogP contribution in [0.4, 0.5) is 21.5 Å². The van der Waals surface area contributed by atoms with Crippen molar-refractivity contribution in [3.63, 3.8) is 0 Å². The highest BCUT2D eigenvalue weighted by atomic mass is 19.1. The van der Waals surface area contributed by atoms with Gasteiger partial charge in [0.25, 0.3) is 0 Å². The van der Waals surface area contributed by atoms with Gasteiger partial charge in [-0.15, -0.1) is 0 Å². The first-order chi connectivity index (χ1) is 11.5. The SMILES string of the molecule is CCC1CN(CC(=O)Nc2ccc(F)cc2)c2cc(N)ccc2O1. The van der Waals surface area contributed by atoms with Crippen LogP contribution in [0, 0.1) is 5.82 Å². The fourth-order valence-electron chi connectivity index (χ4n) is 2.71. The molecule has 0 aromatic heterocycles. The molecule has 0 saturated carbocycles. The molecule has 5 nitrogen and oxygen atoms in total. The van der Waals surface area contributed by atoms with E-state index in [2.05, 4.69) is 5.32 Å². The van der Waals surface area contributed by atoms with Crippen molar-refractivity contribution in [2.75, 3.05) is 29.0 Å². The number of rotatable bonds is 4. The zero-order valence-corrected chi connectivity index (χ0v) is 13.5. The van der Waals surface area contributed by atoms with Crippen LogP contribution in [0.1, 0.15) is 13.3 Å². The molecule has 1 atom stereocenters. The Labute approximate surface area is 140 Å². The number of ether oxygens (including phenoxy) is 1. The summed E-state index contributed by atoms with van der Waals surface area (Å²) in [5, 5.41) is 2.78. The van der Waals surface area contributed by atoms with Crippen molar-refractivity contribution >= 4 is 23.0 Å². The summed E-state index contributed by atoms with van der Waals surface area (Å²) in [5.74, 6) is 0.222. The first-order valence-corrected chi connectivity index (χ1v) is 7.91. The quantitative estimate of drug-likeness (QED) is 0.846. The molecular weight excluding hydrogens is 309 g/mol. The topological polar surface area (TPSA) is 67.6 Å². The minimum Gasteiger partial charge on any atom is -0.486 e. The van der Waals surface area contributed by atoms with Crippen LogP contribution in [0.15, 0.2) is 42.5 Å². The predicted octanol–water partition coefficient (Wildman–Crippen LogP) is 3.02. The van der Waals surface area contributed by atoms with Gasteiger partial charge in [0, 0.05) is 11.4 Å². The van der Waals surface area contributed by atoms with Crippen molar-refractivity contribution in [1.82, 2.24) is 0 Å². The van der Waals surface area contributed by atoms with E-state index in [1.54, 1.807) is 6.07 Å². The molecule has 1 amide bonds. The highest BCUT2D eigenvalue weighted by Gasteiger charge is 2.26.